The van der Waals surface area contributed by atoms with Gasteiger partial charge in [-0.05, 0) is 36.1 Å². The van der Waals surface area contributed by atoms with Gasteiger partial charge in [-0.25, -0.2) is 4.98 Å². The molecule has 3 aromatic rings. The zero-order valence-electron chi connectivity index (χ0n) is 11.4. The summed E-state index contributed by atoms with van der Waals surface area (Å²) in [6.07, 6.45) is 0. The highest BCUT2D eigenvalue weighted by Gasteiger charge is 2.08. The van der Waals surface area contributed by atoms with Crippen molar-refractivity contribution in [3.8, 4) is 0 Å². The number of hydrogen-bond acceptors (Lipinski definition) is 4. The average molecular weight is 364 g/mol. The molecule has 0 bridgehead atoms. The van der Waals surface area contributed by atoms with E-state index in [9.17, 15) is 4.79 Å². The predicted molar refractivity (Wildman–Crippen MR) is 89.6 cm³/mol. The van der Waals surface area contributed by atoms with Gasteiger partial charge in [0.2, 0.25) is 0 Å². The van der Waals surface area contributed by atoms with Gasteiger partial charge in [-0.2, -0.15) is 0 Å². The first-order chi connectivity index (χ1) is 10.1. The molecule has 4 nitrogen and oxygen atoms in total. The van der Waals surface area contributed by atoms with E-state index in [1.807, 2.05) is 23.6 Å². The molecule has 0 fully saturated rings. The van der Waals surface area contributed by atoms with E-state index in [1.54, 1.807) is 0 Å². The van der Waals surface area contributed by atoms with E-state index in [1.165, 1.54) is 16.9 Å². The van der Waals surface area contributed by atoms with E-state index < -0.39 is 0 Å². The molecule has 0 aliphatic carbocycles. The molecule has 0 spiro atoms. The smallest absolute Gasteiger partial charge is 0.268 e. The van der Waals surface area contributed by atoms with Gasteiger partial charge in [0.15, 0.2) is 0 Å². The SMILES string of the molecule is C[C@H](NCc1nc2ccsc2c(=O)[nH]1)c1ccc(Br)cc1. The van der Waals surface area contributed by atoms with Crippen molar-refractivity contribution in [1.82, 2.24) is 15.3 Å². The van der Waals surface area contributed by atoms with E-state index in [2.05, 4.69) is 50.3 Å². The van der Waals surface area contributed by atoms with Crippen LogP contribution in [0.15, 0.2) is 45.0 Å². The van der Waals surface area contributed by atoms with Gasteiger partial charge in [-0.3, -0.25) is 4.79 Å². The van der Waals surface area contributed by atoms with E-state index in [0.717, 1.165) is 9.99 Å². The van der Waals surface area contributed by atoms with Gasteiger partial charge in [-0.1, -0.05) is 28.1 Å². The van der Waals surface area contributed by atoms with Gasteiger partial charge >= 0.3 is 0 Å². The molecule has 2 aromatic heterocycles. The fourth-order valence-corrected chi connectivity index (χ4v) is 3.11. The minimum atomic E-state index is -0.0666. The lowest BCUT2D eigenvalue weighted by atomic mass is 10.1. The second kappa shape index (κ2) is 6.09. The van der Waals surface area contributed by atoms with Gasteiger partial charge in [0, 0.05) is 10.5 Å². The second-order valence-corrected chi connectivity index (χ2v) is 6.63. The van der Waals surface area contributed by atoms with Crippen LogP contribution in [0.5, 0.6) is 0 Å². The normalized spacial score (nSPS) is 12.7. The number of aromatic amines is 1. The molecular weight excluding hydrogens is 350 g/mol. The Morgan fingerprint density at radius 1 is 1.33 bits per heavy atom. The van der Waals surface area contributed by atoms with E-state index in [4.69, 9.17) is 0 Å². The fourth-order valence-electron chi connectivity index (χ4n) is 2.12. The van der Waals surface area contributed by atoms with Crippen LogP contribution in [0, 0.1) is 0 Å². The topological polar surface area (TPSA) is 57.8 Å². The highest BCUT2D eigenvalue weighted by molar-refractivity contribution is 9.10. The summed E-state index contributed by atoms with van der Waals surface area (Å²) in [5, 5.41) is 5.26. The van der Waals surface area contributed by atoms with Crippen molar-refractivity contribution in [2.24, 2.45) is 0 Å². The highest BCUT2D eigenvalue weighted by atomic mass is 79.9. The van der Waals surface area contributed by atoms with Gasteiger partial charge in [0.05, 0.1) is 12.1 Å². The Morgan fingerprint density at radius 2 is 2.10 bits per heavy atom. The highest BCUT2D eigenvalue weighted by Crippen LogP contribution is 2.17. The maximum absolute atomic E-state index is 11.9. The van der Waals surface area contributed by atoms with Crippen LogP contribution in [-0.4, -0.2) is 9.97 Å². The molecule has 1 aromatic carbocycles. The van der Waals surface area contributed by atoms with Crippen LogP contribution in [0.1, 0.15) is 24.4 Å². The van der Waals surface area contributed by atoms with E-state index in [0.29, 0.717) is 17.1 Å². The van der Waals surface area contributed by atoms with E-state index >= 15 is 0 Å². The number of H-pyrrole nitrogens is 1. The van der Waals surface area contributed by atoms with Crippen molar-refractivity contribution < 1.29 is 0 Å². The lowest BCUT2D eigenvalue weighted by molar-refractivity contribution is 0.559. The van der Waals surface area contributed by atoms with Crippen molar-refractivity contribution in [2.45, 2.75) is 19.5 Å². The first kappa shape index (κ1) is 14.4. The molecule has 0 aliphatic rings. The first-order valence-corrected chi connectivity index (χ1v) is 8.26. The molecule has 0 aliphatic heterocycles. The van der Waals surface area contributed by atoms with Gasteiger partial charge in [0.25, 0.3) is 5.56 Å². The van der Waals surface area contributed by atoms with Gasteiger partial charge in [0.1, 0.15) is 10.5 Å². The van der Waals surface area contributed by atoms with E-state index in [-0.39, 0.29) is 11.6 Å². The van der Waals surface area contributed by atoms with Crippen LogP contribution in [0.4, 0.5) is 0 Å². The number of nitrogens with one attached hydrogen (secondary N) is 2. The summed E-state index contributed by atoms with van der Waals surface area (Å²) in [6.45, 7) is 2.61. The lowest BCUT2D eigenvalue weighted by Crippen LogP contribution is -2.21. The standard InChI is InChI=1S/C15H14BrN3OS/c1-9(10-2-4-11(16)5-3-10)17-8-13-18-12-6-7-21-14(12)15(20)19-13/h2-7,9,17H,8H2,1H3,(H,18,19,20)/t9-/m0/s1. The molecule has 21 heavy (non-hydrogen) atoms. The third-order valence-corrected chi connectivity index (χ3v) is 4.74. The van der Waals surface area contributed by atoms with Crippen LogP contribution in [0.25, 0.3) is 10.2 Å². The number of hydrogen-bond donors (Lipinski definition) is 2. The number of aromatic nitrogens is 2. The van der Waals surface area contributed by atoms with Crippen molar-refractivity contribution in [1.29, 1.82) is 0 Å². The number of nitrogens with zero attached hydrogens (tertiary/aromatic N) is 1. The Morgan fingerprint density at radius 3 is 2.86 bits per heavy atom. The summed E-state index contributed by atoms with van der Waals surface area (Å²) in [5.41, 5.74) is 1.89. The third-order valence-electron chi connectivity index (χ3n) is 3.31. The Labute approximate surface area is 134 Å². The molecule has 2 heterocycles. The molecule has 0 radical (unpaired) electrons. The number of rotatable bonds is 4. The summed E-state index contributed by atoms with van der Waals surface area (Å²) in [5.74, 6) is 0.662. The molecular formula is C15H14BrN3OS. The third kappa shape index (κ3) is 3.23. The number of fused-ring (bicyclic) bond motifs is 1. The van der Waals surface area contributed by atoms with Crippen LogP contribution < -0.4 is 10.9 Å². The van der Waals surface area contributed by atoms with Crippen LogP contribution >= 0.6 is 27.3 Å². The molecule has 3 rings (SSSR count). The number of halogens is 1. The molecule has 0 amide bonds. The van der Waals surface area contributed by atoms with Gasteiger partial charge in [-0.15, -0.1) is 11.3 Å². The predicted octanol–water partition coefficient (Wildman–Crippen LogP) is 3.60. The molecule has 108 valence electrons. The number of benzene rings is 1. The molecule has 2 N–H and O–H groups in total. The molecule has 6 heteroatoms. The quantitative estimate of drug-likeness (QED) is 0.744. The summed E-state index contributed by atoms with van der Waals surface area (Å²) in [4.78, 5) is 19.2. The first-order valence-electron chi connectivity index (χ1n) is 6.59. The maximum atomic E-state index is 11.9. The van der Waals surface area contributed by atoms with Crippen molar-refractivity contribution in [2.75, 3.05) is 0 Å². The Balaban J connectivity index is 1.73. The second-order valence-electron chi connectivity index (χ2n) is 4.80. The Hall–Kier alpha value is -1.50. The number of thiophene rings is 1. The zero-order valence-corrected chi connectivity index (χ0v) is 13.8. The zero-order chi connectivity index (χ0) is 14.8. The summed E-state index contributed by atoms with van der Waals surface area (Å²) in [6, 6.07) is 10.2. The summed E-state index contributed by atoms with van der Waals surface area (Å²) in [7, 11) is 0. The van der Waals surface area contributed by atoms with Crippen LogP contribution in [0.2, 0.25) is 0 Å². The Bertz CT molecular complexity index is 810. The average Bonchev–Trinajstić information content (AvgIpc) is 2.94. The Kier molecular flexibility index (Phi) is 4.19. The molecule has 0 saturated heterocycles. The summed E-state index contributed by atoms with van der Waals surface area (Å²) >= 11 is 4.84. The molecule has 1 atom stereocenters. The fraction of sp³-hybridized carbons (Fsp3) is 0.200. The van der Waals surface area contributed by atoms with Crippen LogP contribution in [0.3, 0.4) is 0 Å². The maximum Gasteiger partial charge on any atom is 0.268 e. The monoisotopic (exact) mass is 363 g/mol. The van der Waals surface area contributed by atoms with Crippen LogP contribution in [-0.2, 0) is 6.54 Å². The summed E-state index contributed by atoms with van der Waals surface area (Å²) < 4.78 is 1.74. The minimum Gasteiger partial charge on any atom is -0.308 e. The largest absolute Gasteiger partial charge is 0.308 e. The lowest BCUT2D eigenvalue weighted by Gasteiger charge is -2.14. The molecule has 0 unspecified atom stereocenters. The molecule has 0 saturated carbocycles. The van der Waals surface area contributed by atoms with Gasteiger partial charge < -0.3 is 10.3 Å². The van der Waals surface area contributed by atoms with Crippen molar-refractivity contribution in [3.63, 3.8) is 0 Å². The van der Waals surface area contributed by atoms with Crippen molar-refractivity contribution in [3.05, 3.63) is 61.9 Å². The van der Waals surface area contributed by atoms with Crippen molar-refractivity contribution >= 4 is 37.5 Å². The minimum absolute atomic E-state index is 0.0666.